The zero-order valence-electron chi connectivity index (χ0n) is 8.80. The van der Waals surface area contributed by atoms with Crippen LogP contribution in [0.1, 0.15) is 5.56 Å². The number of halogens is 2. The second-order valence-electron chi connectivity index (χ2n) is 3.75. The van der Waals surface area contributed by atoms with E-state index >= 15 is 0 Å². The standard InChI is InChI=1S/C13H11Cl2N/c1-8-2-3-13(16)12(4-8)9-5-10(14)7-11(15)6-9/h2-7H,16H2,1H3. The molecule has 0 amide bonds. The predicted molar refractivity (Wildman–Crippen MR) is 71.0 cm³/mol. The van der Waals surface area contributed by atoms with Crippen molar-refractivity contribution in [1.29, 1.82) is 0 Å². The lowest BCUT2D eigenvalue weighted by atomic mass is 10.0. The summed E-state index contributed by atoms with van der Waals surface area (Å²) in [5.74, 6) is 0. The summed E-state index contributed by atoms with van der Waals surface area (Å²) < 4.78 is 0. The highest BCUT2D eigenvalue weighted by molar-refractivity contribution is 6.35. The van der Waals surface area contributed by atoms with Gasteiger partial charge >= 0.3 is 0 Å². The second-order valence-corrected chi connectivity index (χ2v) is 4.62. The van der Waals surface area contributed by atoms with Gasteiger partial charge in [-0.15, -0.1) is 0 Å². The fraction of sp³-hybridized carbons (Fsp3) is 0.0769. The quantitative estimate of drug-likeness (QED) is 0.740. The summed E-state index contributed by atoms with van der Waals surface area (Å²) >= 11 is 11.9. The van der Waals surface area contributed by atoms with Crippen molar-refractivity contribution in [2.24, 2.45) is 0 Å². The maximum absolute atomic E-state index is 5.97. The molecule has 2 N–H and O–H groups in total. The average Bonchev–Trinajstić information content (AvgIpc) is 2.20. The van der Waals surface area contributed by atoms with Crippen LogP contribution < -0.4 is 5.73 Å². The summed E-state index contributed by atoms with van der Waals surface area (Å²) in [5.41, 5.74) is 9.72. The van der Waals surface area contributed by atoms with E-state index in [-0.39, 0.29) is 0 Å². The number of anilines is 1. The van der Waals surface area contributed by atoms with Gasteiger partial charge in [-0.2, -0.15) is 0 Å². The second kappa shape index (κ2) is 4.36. The Morgan fingerprint density at radius 2 is 1.56 bits per heavy atom. The van der Waals surface area contributed by atoms with E-state index in [1.807, 2.05) is 37.3 Å². The van der Waals surface area contributed by atoms with E-state index in [2.05, 4.69) is 0 Å². The molecule has 0 aliphatic heterocycles. The molecular weight excluding hydrogens is 241 g/mol. The van der Waals surface area contributed by atoms with Gasteiger partial charge in [0.25, 0.3) is 0 Å². The number of benzene rings is 2. The molecule has 1 nitrogen and oxygen atoms in total. The van der Waals surface area contributed by atoms with Crippen LogP contribution in [-0.4, -0.2) is 0 Å². The van der Waals surface area contributed by atoms with Gasteiger partial charge in [0.05, 0.1) is 0 Å². The Morgan fingerprint density at radius 3 is 2.19 bits per heavy atom. The van der Waals surface area contributed by atoms with Gasteiger partial charge in [-0.3, -0.25) is 0 Å². The van der Waals surface area contributed by atoms with Crippen LogP contribution in [0.5, 0.6) is 0 Å². The third kappa shape index (κ3) is 2.31. The van der Waals surface area contributed by atoms with Crippen molar-refractivity contribution < 1.29 is 0 Å². The molecule has 2 aromatic carbocycles. The molecule has 2 aromatic rings. The Balaban J connectivity index is 2.62. The Bertz CT molecular complexity index is 515. The van der Waals surface area contributed by atoms with Crippen LogP contribution in [0.4, 0.5) is 5.69 Å². The van der Waals surface area contributed by atoms with E-state index in [1.165, 1.54) is 0 Å². The molecule has 0 saturated carbocycles. The Kier molecular flexibility index (Phi) is 3.08. The lowest BCUT2D eigenvalue weighted by Gasteiger charge is -2.08. The minimum absolute atomic E-state index is 0.614. The van der Waals surface area contributed by atoms with Crippen LogP contribution in [0.25, 0.3) is 11.1 Å². The molecule has 0 saturated heterocycles. The van der Waals surface area contributed by atoms with E-state index in [0.29, 0.717) is 10.0 Å². The third-order valence-electron chi connectivity index (χ3n) is 2.38. The Hall–Kier alpha value is -1.18. The number of hydrogen-bond acceptors (Lipinski definition) is 1. The SMILES string of the molecule is Cc1ccc(N)c(-c2cc(Cl)cc(Cl)c2)c1. The van der Waals surface area contributed by atoms with Crippen molar-refractivity contribution in [3.63, 3.8) is 0 Å². The largest absolute Gasteiger partial charge is 0.398 e. The van der Waals surface area contributed by atoms with Gasteiger partial charge in [0.15, 0.2) is 0 Å². The molecule has 0 radical (unpaired) electrons. The predicted octanol–water partition coefficient (Wildman–Crippen LogP) is 4.55. The lowest BCUT2D eigenvalue weighted by molar-refractivity contribution is 1.47. The molecule has 0 spiro atoms. The van der Waals surface area contributed by atoms with Crippen LogP contribution in [0.3, 0.4) is 0 Å². The summed E-state index contributed by atoms with van der Waals surface area (Å²) in [6, 6.07) is 11.3. The monoisotopic (exact) mass is 251 g/mol. The van der Waals surface area contributed by atoms with Gasteiger partial charge in [-0.1, -0.05) is 34.8 Å². The third-order valence-corrected chi connectivity index (χ3v) is 2.82. The van der Waals surface area contributed by atoms with Crippen LogP contribution in [-0.2, 0) is 0 Å². The van der Waals surface area contributed by atoms with E-state index in [4.69, 9.17) is 28.9 Å². The molecule has 0 bridgehead atoms. The summed E-state index contributed by atoms with van der Waals surface area (Å²) in [5, 5.41) is 1.23. The molecular formula is C13H11Cl2N. The topological polar surface area (TPSA) is 26.0 Å². The average molecular weight is 252 g/mol. The van der Waals surface area contributed by atoms with E-state index in [1.54, 1.807) is 6.07 Å². The highest BCUT2D eigenvalue weighted by Crippen LogP contribution is 2.31. The summed E-state index contributed by atoms with van der Waals surface area (Å²) in [6.45, 7) is 2.02. The number of rotatable bonds is 1. The fourth-order valence-corrected chi connectivity index (χ4v) is 2.16. The van der Waals surface area contributed by atoms with Gasteiger partial charge in [-0.05, 0) is 42.8 Å². The molecule has 3 heteroatoms. The first-order chi connectivity index (χ1) is 7.56. The van der Waals surface area contributed by atoms with Crippen LogP contribution in [0, 0.1) is 6.92 Å². The van der Waals surface area contributed by atoms with Gasteiger partial charge in [-0.25, -0.2) is 0 Å². The van der Waals surface area contributed by atoms with Crippen molar-refractivity contribution in [3.05, 3.63) is 52.0 Å². The normalized spacial score (nSPS) is 10.4. The van der Waals surface area contributed by atoms with Gasteiger partial charge < -0.3 is 5.73 Å². The maximum atomic E-state index is 5.97. The fourth-order valence-electron chi connectivity index (χ4n) is 1.63. The van der Waals surface area contributed by atoms with E-state index in [0.717, 1.165) is 22.4 Å². The minimum Gasteiger partial charge on any atom is -0.398 e. The first-order valence-corrected chi connectivity index (χ1v) is 5.64. The molecule has 0 aliphatic carbocycles. The first kappa shape index (κ1) is 11.3. The van der Waals surface area contributed by atoms with Crippen LogP contribution in [0.15, 0.2) is 36.4 Å². The zero-order chi connectivity index (χ0) is 11.7. The molecule has 0 atom stereocenters. The minimum atomic E-state index is 0.614. The molecule has 2 rings (SSSR count). The Labute approximate surface area is 105 Å². The molecule has 0 heterocycles. The van der Waals surface area contributed by atoms with Crippen molar-refractivity contribution in [1.82, 2.24) is 0 Å². The van der Waals surface area contributed by atoms with Crippen LogP contribution in [0.2, 0.25) is 10.0 Å². The van der Waals surface area contributed by atoms with Crippen LogP contribution >= 0.6 is 23.2 Å². The van der Waals surface area contributed by atoms with E-state index < -0.39 is 0 Å². The van der Waals surface area contributed by atoms with Gasteiger partial charge in [0.1, 0.15) is 0 Å². The van der Waals surface area contributed by atoms with E-state index in [9.17, 15) is 0 Å². The Morgan fingerprint density at radius 1 is 0.938 bits per heavy atom. The summed E-state index contributed by atoms with van der Waals surface area (Å²) in [7, 11) is 0. The maximum Gasteiger partial charge on any atom is 0.0426 e. The highest BCUT2D eigenvalue weighted by Gasteiger charge is 2.05. The summed E-state index contributed by atoms with van der Waals surface area (Å²) in [6.07, 6.45) is 0. The smallest absolute Gasteiger partial charge is 0.0426 e. The molecule has 0 aliphatic rings. The van der Waals surface area contributed by atoms with Crippen molar-refractivity contribution >= 4 is 28.9 Å². The number of aryl methyl sites for hydroxylation is 1. The number of nitrogen functional groups attached to an aromatic ring is 1. The summed E-state index contributed by atoms with van der Waals surface area (Å²) in [4.78, 5) is 0. The van der Waals surface area contributed by atoms with Crippen molar-refractivity contribution in [3.8, 4) is 11.1 Å². The molecule has 0 aromatic heterocycles. The molecule has 0 unspecified atom stereocenters. The molecule has 82 valence electrons. The lowest BCUT2D eigenvalue weighted by Crippen LogP contribution is -1.90. The highest BCUT2D eigenvalue weighted by atomic mass is 35.5. The first-order valence-electron chi connectivity index (χ1n) is 4.89. The number of hydrogen-bond donors (Lipinski definition) is 1. The van der Waals surface area contributed by atoms with Gasteiger partial charge in [0, 0.05) is 21.3 Å². The van der Waals surface area contributed by atoms with Crippen molar-refractivity contribution in [2.45, 2.75) is 6.92 Å². The van der Waals surface area contributed by atoms with Crippen molar-refractivity contribution in [2.75, 3.05) is 5.73 Å². The zero-order valence-corrected chi connectivity index (χ0v) is 10.3. The molecule has 0 fully saturated rings. The molecule has 16 heavy (non-hydrogen) atoms. The number of nitrogens with two attached hydrogens (primary N) is 1. The van der Waals surface area contributed by atoms with Gasteiger partial charge in [0.2, 0.25) is 0 Å².